The molecule has 0 nitrogen and oxygen atoms in total. The Hall–Kier alpha value is 0. The minimum absolute atomic E-state index is 1.02. The summed E-state index contributed by atoms with van der Waals surface area (Å²) in [4.78, 5) is 0. The van der Waals surface area contributed by atoms with Crippen molar-refractivity contribution in [2.75, 3.05) is 0 Å². The molecule has 2 fully saturated rings. The van der Waals surface area contributed by atoms with Crippen LogP contribution in [-0.2, 0) is 0 Å². The molecule has 0 aliphatic heterocycles. The van der Waals surface area contributed by atoms with Gasteiger partial charge in [-0.25, -0.2) is 0 Å². The minimum Gasteiger partial charge on any atom is -0.0622 e. The molecule has 16 heavy (non-hydrogen) atoms. The summed E-state index contributed by atoms with van der Waals surface area (Å²) in [7, 11) is 0. The molecule has 0 bridgehead atoms. The molecule has 2 rings (SSSR count). The molecule has 0 unspecified atom stereocenters. The highest BCUT2D eigenvalue weighted by Crippen LogP contribution is 2.35. The fourth-order valence-corrected chi connectivity index (χ4v) is 3.91. The van der Waals surface area contributed by atoms with Crippen molar-refractivity contribution < 1.29 is 0 Å². The van der Waals surface area contributed by atoms with Gasteiger partial charge in [0.2, 0.25) is 0 Å². The predicted molar refractivity (Wildman–Crippen MR) is 71.5 cm³/mol. The third-order valence-corrected chi connectivity index (χ3v) is 5.21. The van der Waals surface area contributed by atoms with E-state index in [1.54, 1.807) is 0 Å². The van der Waals surface area contributed by atoms with E-state index in [0.717, 1.165) is 17.8 Å². The van der Waals surface area contributed by atoms with Crippen LogP contribution < -0.4 is 0 Å². The van der Waals surface area contributed by atoms with Gasteiger partial charge >= 0.3 is 0 Å². The second kappa shape index (κ2) is 6.67. The van der Waals surface area contributed by atoms with Gasteiger partial charge in [-0.15, -0.1) is 0 Å². The van der Waals surface area contributed by atoms with E-state index < -0.39 is 0 Å². The minimum atomic E-state index is 1.02. The zero-order valence-electron chi connectivity index (χ0n) is 11.2. The molecule has 0 heteroatoms. The van der Waals surface area contributed by atoms with Crippen LogP contribution in [0, 0.1) is 17.8 Å². The highest BCUT2D eigenvalue weighted by Gasteiger charge is 2.21. The summed E-state index contributed by atoms with van der Waals surface area (Å²) < 4.78 is 0. The summed E-state index contributed by atoms with van der Waals surface area (Å²) in [5, 5.41) is 0. The smallest absolute Gasteiger partial charge is 0.0388 e. The lowest BCUT2D eigenvalue weighted by atomic mass is 9.76. The first-order chi connectivity index (χ1) is 7.86. The third kappa shape index (κ3) is 3.79. The molecule has 0 aromatic rings. The Morgan fingerprint density at radius 1 is 0.812 bits per heavy atom. The topological polar surface area (TPSA) is 0 Å². The lowest BCUT2D eigenvalue weighted by molar-refractivity contribution is 0.226. The van der Waals surface area contributed by atoms with Crippen molar-refractivity contribution in [1.29, 1.82) is 0 Å². The Morgan fingerprint density at radius 3 is 2.00 bits per heavy atom. The van der Waals surface area contributed by atoms with E-state index in [2.05, 4.69) is 6.92 Å². The largest absolute Gasteiger partial charge is 0.0622 e. The number of hydrogen-bond acceptors (Lipinski definition) is 0. The van der Waals surface area contributed by atoms with E-state index in [4.69, 9.17) is 0 Å². The molecule has 0 heterocycles. The molecule has 94 valence electrons. The first-order valence-electron chi connectivity index (χ1n) is 7.86. The molecule has 0 aromatic carbocycles. The maximum Gasteiger partial charge on any atom is -0.0388 e. The fourth-order valence-electron chi connectivity index (χ4n) is 3.91. The van der Waals surface area contributed by atoms with E-state index in [1.807, 2.05) is 0 Å². The Labute approximate surface area is 102 Å². The first-order valence-corrected chi connectivity index (χ1v) is 7.86. The molecule has 0 aromatic heterocycles. The lowest BCUT2D eigenvalue weighted by Gasteiger charge is -2.29. The zero-order chi connectivity index (χ0) is 11.2. The SMILES string of the molecule is C[C@@H](CCC1CCCCC1)C1CCCCC1. The van der Waals surface area contributed by atoms with Crippen LogP contribution in [0.15, 0.2) is 0 Å². The maximum absolute atomic E-state index is 2.53. The molecule has 2 saturated carbocycles. The lowest BCUT2D eigenvalue weighted by Crippen LogP contribution is -2.17. The second-order valence-corrected chi connectivity index (χ2v) is 6.46. The number of rotatable bonds is 4. The van der Waals surface area contributed by atoms with Crippen LogP contribution in [0.2, 0.25) is 0 Å². The van der Waals surface area contributed by atoms with Crippen molar-refractivity contribution in [2.24, 2.45) is 17.8 Å². The van der Waals surface area contributed by atoms with Crippen LogP contribution in [-0.4, -0.2) is 0 Å². The van der Waals surface area contributed by atoms with Gasteiger partial charge in [0, 0.05) is 0 Å². The van der Waals surface area contributed by atoms with Gasteiger partial charge in [0.25, 0.3) is 0 Å². The molecular formula is C16H30. The van der Waals surface area contributed by atoms with Gasteiger partial charge in [-0.1, -0.05) is 84.0 Å². The van der Waals surface area contributed by atoms with E-state index >= 15 is 0 Å². The fraction of sp³-hybridized carbons (Fsp3) is 1.00. The van der Waals surface area contributed by atoms with Gasteiger partial charge in [0.1, 0.15) is 0 Å². The summed E-state index contributed by atoms with van der Waals surface area (Å²) >= 11 is 0. The molecule has 0 spiro atoms. The van der Waals surface area contributed by atoms with Crippen LogP contribution in [0.5, 0.6) is 0 Å². The van der Waals surface area contributed by atoms with Crippen molar-refractivity contribution in [3.63, 3.8) is 0 Å². The monoisotopic (exact) mass is 222 g/mol. The summed E-state index contributed by atoms with van der Waals surface area (Å²) in [5.74, 6) is 3.19. The molecule has 0 N–H and O–H groups in total. The van der Waals surface area contributed by atoms with E-state index in [-0.39, 0.29) is 0 Å². The van der Waals surface area contributed by atoms with Gasteiger partial charge in [0.15, 0.2) is 0 Å². The third-order valence-electron chi connectivity index (χ3n) is 5.21. The van der Waals surface area contributed by atoms with Gasteiger partial charge in [0.05, 0.1) is 0 Å². The highest BCUT2D eigenvalue weighted by atomic mass is 14.3. The maximum atomic E-state index is 2.53. The van der Waals surface area contributed by atoms with Crippen LogP contribution in [0.1, 0.15) is 84.0 Å². The van der Waals surface area contributed by atoms with Crippen LogP contribution in [0.4, 0.5) is 0 Å². The van der Waals surface area contributed by atoms with Crippen molar-refractivity contribution >= 4 is 0 Å². The quantitative estimate of drug-likeness (QED) is 0.584. The summed E-state index contributed by atoms with van der Waals surface area (Å²) in [5.41, 5.74) is 0. The standard InChI is InChI=1S/C16H30/c1-14(16-10-6-3-7-11-16)12-13-15-8-4-2-5-9-15/h14-16H,2-13H2,1H3/t14-/m0/s1. The van der Waals surface area contributed by atoms with Gasteiger partial charge < -0.3 is 0 Å². The average Bonchev–Trinajstić information content (AvgIpc) is 2.38. The van der Waals surface area contributed by atoms with Crippen molar-refractivity contribution in [2.45, 2.75) is 84.0 Å². The molecule has 0 saturated heterocycles. The number of hydrogen-bond donors (Lipinski definition) is 0. The van der Waals surface area contributed by atoms with E-state index in [0.29, 0.717) is 0 Å². The molecule has 0 radical (unpaired) electrons. The predicted octanol–water partition coefficient (Wildman–Crippen LogP) is 5.56. The van der Waals surface area contributed by atoms with Crippen molar-refractivity contribution in [3.05, 3.63) is 0 Å². The Kier molecular flexibility index (Phi) is 5.19. The average molecular weight is 222 g/mol. The molecule has 2 aliphatic rings. The Bertz CT molecular complexity index is 172. The summed E-state index contributed by atoms with van der Waals surface area (Å²) in [6.07, 6.45) is 18.3. The molecular weight excluding hydrogens is 192 g/mol. The summed E-state index contributed by atoms with van der Waals surface area (Å²) in [6, 6.07) is 0. The zero-order valence-corrected chi connectivity index (χ0v) is 11.2. The van der Waals surface area contributed by atoms with Gasteiger partial charge in [-0.05, 0) is 17.8 Å². The second-order valence-electron chi connectivity index (χ2n) is 6.46. The summed E-state index contributed by atoms with van der Waals surface area (Å²) in [6.45, 7) is 2.53. The van der Waals surface area contributed by atoms with Crippen LogP contribution >= 0.6 is 0 Å². The van der Waals surface area contributed by atoms with Crippen LogP contribution in [0.25, 0.3) is 0 Å². The Morgan fingerprint density at radius 2 is 1.38 bits per heavy atom. The van der Waals surface area contributed by atoms with Gasteiger partial charge in [-0.2, -0.15) is 0 Å². The molecule has 1 atom stereocenters. The van der Waals surface area contributed by atoms with Crippen molar-refractivity contribution in [3.8, 4) is 0 Å². The highest BCUT2D eigenvalue weighted by molar-refractivity contribution is 4.73. The Balaban J connectivity index is 1.63. The van der Waals surface area contributed by atoms with Crippen LogP contribution in [0.3, 0.4) is 0 Å². The normalized spacial score (nSPS) is 26.8. The molecule has 2 aliphatic carbocycles. The first kappa shape index (κ1) is 12.5. The van der Waals surface area contributed by atoms with E-state index in [9.17, 15) is 0 Å². The van der Waals surface area contributed by atoms with E-state index in [1.165, 1.54) is 77.0 Å². The van der Waals surface area contributed by atoms with Crippen molar-refractivity contribution in [1.82, 2.24) is 0 Å². The van der Waals surface area contributed by atoms with Gasteiger partial charge in [-0.3, -0.25) is 0 Å². The molecule has 0 amide bonds.